The third-order valence-corrected chi connectivity index (χ3v) is 6.95. The quantitative estimate of drug-likeness (QED) is 0.569. The van der Waals surface area contributed by atoms with E-state index in [4.69, 9.17) is 9.47 Å². The summed E-state index contributed by atoms with van der Waals surface area (Å²) in [4.78, 5) is 24.5. The molecule has 0 spiro atoms. The highest BCUT2D eigenvalue weighted by atomic mass is 32.2. The van der Waals surface area contributed by atoms with Gasteiger partial charge in [-0.05, 0) is 61.7 Å². The molecule has 33 heavy (non-hydrogen) atoms. The number of carbonyl (C=O) groups is 2. The van der Waals surface area contributed by atoms with Gasteiger partial charge in [0, 0.05) is 18.7 Å². The van der Waals surface area contributed by atoms with Crippen molar-refractivity contribution >= 4 is 27.9 Å². The van der Waals surface area contributed by atoms with Gasteiger partial charge >= 0.3 is 0 Å². The minimum atomic E-state index is -3.55. The van der Waals surface area contributed by atoms with Gasteiger partial charge in [0.1, 0.15) is 0 Å². The number of nitrogens with one attached hydrogen (secondary N) is 2. The predicted molar refractivity (Wildman–Crippen MR) is 123 cm³/mol. The van der Waals surface area contributed by atoms with E-state index in [2.05, 4.69) is 10.9 Å². The Bertz CT molecular complexity index is 1120. The zero-order valence-electron chi connectivity index (χ0n) is 18.5. The second-order valence-electron chi connectivity index (χ2n) is 7.34. The number of nitrogens with zero attached hydrogens (tertiary/aromatic N) is 1. The molecule has 3 rings (SSSR count). The predicted octanol–water partition coefficient (Wildman–Crippen LogP) is 2.35. The lowest BCUT2D eigenvalue weighted by molar-refractivity contribution is -0.123. The van der Waals surface area contributed by atoms with E-state index < -0.39 is 21.8 Å². The van der Waals surface area contributed by atoms with Gasteiger partial charge in [-0.3, -0.25) is 20.4 Å². The van der Waals surface area contributed by atoms with Crippen LogP contribution in [0.5, 0.6) is 11.5 Å². The molecule has 0 bridgehead atoms. The van der Waals surface area contributed by atoms with Gasteiger partial charge in [0.05, 0.1) is 12.0 Å². The van der Waals surface area contributed by atoms with Crippen LogP contribution in [0, 0.1) is 0 Å². The Kier molecular flexibility index (Phi) is 8.07. The Labute approximate surface area is 193 Å². The number of allylic oxidation sites excluding steroid dienone is 1. The highest BCUT2D eigenvalue weighted by molar-refractivity contribution is 7.89. The van der Waals surface area contributed by atoms with Crippen LogP contribution in [0.25, 0.3) is 6.08 Å². The van der Waals surface area contributed by atoms with Crippen LogP contribution in [0.4, 0.5) is 0 Å². The molecule has 0 atom stereocenters. The Morgan fingerprint density at radius 2 is 1.73 bits per heavy atom. The number of methoxy groups -OCH3 is 1. The molecule has 2 N–H and O–H groups in total. The third-order valence-electron chi connectivity index (χ3n) is 5.04. The number of ether oxygens (including phenoxy) is 2. The number of amides is 2. The molecule has 9 nitrogen and oxygen atoms in total. The van der Waals surface area contributed by atoms with Crippen molar-refractivity contribution in [3.05, 3.63) is 59.7 Å². The smallest absolute Gasteiger partial charge is 0.276 e. The van der Waals surface area contributed by atoms with Crippen molar-refractivity contribution < 1.29 is 27.5 Å². The molecule has 0 saturated carbocycles. The number of hydrazine groups is 1. The Morgan fingerprint density at radius 1 is 1.03 bits per heavy atom. The van der Waals surface area contributed by atoms with Crippen molar-refractivity contribution in [1.82, 2.24) is 15.2 Å². The fraction of sp³-hybridized carbons (Fsp3) is 0.304. The first-order valence-electron chi connectivity index (χ1n) is 10.5. The first-order chi connectivity index (χ1) is 15.8. The van der Waals surface area contributed by atoms with Crippen LogP contribution in [0.1, 0.15) is 35.7 Å². The van der Waals surface area contributed by atoms with E-state index in [1.54, 1.807) is 12.1 Å². The van der Waals surface area contributed by atoms with Gasteiger partial charge in [-0.2, -0.15) is 4.31 Å². The minimum Gasteiger partial charge on any atom is -0.493 e. The summed E-state index contributed by atoms with van der Waals surface area (Å²) in [7, 11) is -2.05. The maximum Gasteiger partial charge on any atom is 0.276 e. The largest absolute Gasteiger partial charge is 0.493 e. The zero-order valence-corrected chi connectivity index (χ0v) is 19.4. The van der Waals surface area contributed by atoms with E-state index in [1.165, 1.54) is 35.7 Å². The number of hydrogen-bond acceptors (Lipinski definition) is 6. The van der Waals surface area contributed by atoms with Gasteiger partial charge in [0.15, 0.2) is 18.1 Å². The summed E-state index contributed by atoms with van der Waals surface area (Å²) < 4.78 is 37.3. The number of benzene rings is 2. The van der Waals surface area contributed by atoms with Crippen molar-refractivity contribution in [2.75, 3.05) is 26.8 Å². The SMILES string of the molecule is C/C=C/c1ccc(OCC(=O)NNC(=O)c2ccc(S(=O)(=O)N3CCCC3)cc2)c(OC)c1. The van der Waals surface area contributed by atoms with Gasteiger partial charge in [-0.1, -0.05) is 18.2 Å². The number of carbonyl (C=O) groups excluding carboxylic acids is 2. The van der Waals surface area contributed by atoms with Crippen molar-refractivity contribution in [3.63, 3.8) is 0 Å². The molecule has 0 radical (unpaired) electrons. The van der Waals surface area contributed by atoms with E-state index in [0.29, 0.717) is 24.6 Å². The first-order valence-corrected chi connectivity index (χ1v) is 11.9. The topological polar surface area (TPSA) is 114 Å². The second kappa shape index (κ2) is 11.0. The normalized spacial score (nSPS) is 14.2. The van der Waals surface area contributed by atoms with Crippen LogP contribution in [-0.2, 0) is 14.8 Å². The van der Waals surface area contributed by atoms with Crippen LogP contribution >= 0.6 is 0 Å². The molecule has 176 valence electrons. The van der Waals surface area contributed by atoms with E-state index in [0.717, 1.165) is 18.4 Å². The standard InChI is InChI=1S/C23H27N3O6S/c1-3-6-17-7-12-20(21(15-17)31-2)32-16-22(27)24-25-23(28)18-8-10-19(11-9-18)33(29,30)26-13-4-5-14-26/h3,6-12,15H,4-5,13-14,16H2,1-2H3,(H,24,27)(H,25,28)/b6-3+. The lowest BCUT2D eigenvalue weighted by atomic mass is 10.2. The van der Waals surface area contributed by atoms with Crippen LogP contribution in [0.2, 0.25) is 0 Å². The molecule has 0 aromatic heterocycles. The molecule has 2 amide bonds. The summed E-state index contributed by atoms with van der Waals surface area (Å²) >= 11 is 0. The fourth-order valence-corrected chi connectivity index (χ4v) is 4.85. The van der Waals surface area contributed by atoms with E-state index in [9.17, 15) is 18.0 Å². The van der Waals surface area contributed by atoms with Crippen molar-refractivity contribution in [2.45, 2.75) is 24.7 Å². The van der Waals surface area contributed by atoms with Gasteiger partial charge in [-0.15, -0.1) is 0 Å². The Balaban J connectivity index is 1.52. The zero-order chi connectivity index (χ0) is 23.8. The van der Waals surface area contributed by atoms with Crippen molar-refractivity contribution in [1.29, 1.82) is 0 Å². The lowest BCUT2D eigenvalue weighted by Crippen LogP contribution is -2.43. The molecule has 1 fully saturated rings. The van der Waals surface area contributed by atoms with Crippen LogP contribution in [0.3, 0.4) is 0 Å². The summed E-state index contributed by atoms with van der Waals surface area (Å²) in [5, 5.41) is 0. The Hall–Kier alpha value is -3.37. The lowest BCUT2D eigenvalue weighted by Gasteiger charge is -2.15. The highest BCUT2D eigenvalue weighted by Gasteiger charge is 2.27. The van der Waals surface area contributed by atoms with Crippen molar-refractivity contribution in [2.24, 2.45) is 0 Å². The molecule has 1 aliphatic heterocycles. The number of hydrogen-bond donors (Lipinski definition) is 2. The minimum absolute atomic E-state index is 0.132. The molecule has 1 saturated heterocycles. The monoisotopic (exact) mass is 473 g/mol. The average Bonchev–Trinajstić information content (AvgIpc) is 3.38. The Morgan fingerprint density at radius 3 is 2.36 bits per heavy atom. The van der Waals surface area contributed by atoms with E-state index >= 15 is 0 Å². The fourth-order valence-electron chi connectivity index (χ4n) is 3.33. The summed E-state index contributed by atoms with van der Waals surface area (Å²) in [5.74, 6) is -0.286. The number of sulfonamides is 1. The van der Waals surface area contributed by atoms with Gasteiger partial charge in [0.2, 0.25) is 10.0 Å². The van der Waals surface area contributed by atoms with Gasteiger partial charge < -0.3 is 9.47 Å². The van der Waals surface area contributed by atoms with Crippen LogP contribution < -0.4 is 20.3 Å². The average molecular weight is 474 g/mol. The van der Waals surface area contributed by atoms with Gasteiger partial charge in [0.25, 0.3) is 11.8 Å². The van der Waals surface area contributed by atoms with Crippen molar-refractivity contribution in [3.8, 4) is 11.5 Å². The highest BCUT2D eigenvalue weighted by Crippen LogP contribution is 2.28. The van der Waals surface area contributed by atoms with Crippen LogP contribution in [-0.4, -0.2) is 51.3 Å². The summed E-state index contributed by atoms with van der Waals surface area (Å²) in [6, 6.07) is 10.9. The van der Waals surface area contributed by atoms with Gasteiger partial charge in [-0.25, -0.2) is 8.42 Å². The molecule has 2 aromatic rings. The number of rotatable bonds is 8. The molecular weight excluding hydrogens is 446 g/mol. The maximum atomic E-state index is 12.6. The van der Waals surface area contributed by atoms with E-state index in [1.807, 2.05) is 25.1 Å². The van der Waals surface area contributed by atoms with Crippen LogP contribution in [0.15, 0.2) is 53.4 Å². The molecule has 2 aromatic carbocycles. The molecular formula is C23H27N3O6S. The second-order valence-corrected chi connectivity index (χ2v) is 9.27. The molecule has 1 aliphatic rings. The summed E-state index contributed by atoms with van der Waals surface area (Å²) in [5.41, 5.74) is 5.69. The molecule has 0 unspecified atom stereocenters. The summed E-state index contributed by atoms with van der Waals surface area (Å²) in [6.07, 6.45) is 5.49. The van der Waals surface area contributed by atoms with E-state index in [-0.39, 0.29) is 17.1 Å². The molecule has 0 aliphatic carbocycles. The first kappa shape index (κ1) is 24.3. The maximum absolute atomic E-state index is 12.6. The third kappa shape index (κ3) is 6.11. The summed E-state index contributed by atoms with van der Waals surface area (Å²) in [6.45, 7) is 2.57. The molecule has 1 heterocycles. The molecule has 10 heteroatoms.